The molecule has 0 aromatic heterocycles. The zero-order chi connectivity index (χ0) is 6.69. The second-order valence-electron chi connectivity index (χ2n) is 3.02. The third kappa shape index (κ3) is 2.21. The van der Waals surface area contributed by atoms with E-state index in [-0.39, 0.29) is 0 Å². The molecule has 51 valence electrons. The van der Waals surface area contributed by atoms with Crippen LogP contribution in [0.4, 0.5) is 0 Å². The first-order chi connectivity index (χ1) is 4.29. The molecule has 1 unspecified atom stereocenters. The van der Waals surface area contributed by atoms with Crippen molar-refractivity contribution in [3.63, 3.8) is 0 Å². The molecule has 0 bridgehead atoms. The van der Waals surface area contributed by atoms with E-state index in [9.17, 15) is 0 Å². The summed E-state index contributed by atoms with van der Waals surface area (Å²) in [5.74, 6) is 0.590. The summed E-state index contributed by atoms with van der Waals surface area (Å²) < 4.78 is 0. The van der Waals surface area contributed by atoms with E-state index in [4.69, 9.17) is 0 Å². The molecule has 1 aliphatic carbocycles. The van der Waals surface area contributed by atoms with Gasteiger partial charge in [-0.1, -0.05) is 18.1 Å². The lowest BCUT2D eigenvalue weighted by molar-refractivity contribution is 0.642. The minimum atomic E-state index is 0.590. The van der Waals surface area contributed by atoms with E-state index in [1.54, 1.807) is 0 Å². The average molecular weight is 123 g/mol. The molecule has 1 aliphatic rings. The van der Waals surface area contributed by atoms with Gasteiger partial charge in [-0.15, -0.1) is 0 Å². The fourth-order valence-corrected chi connectivity index (χ4v) is 1.38. The maximum Gasteiger partial charge on any atom is -0.0231 e. The molecule has 0 aromatic carbocycles. The van der Waals surface area contributed by atoms with Crippen LogP contribution in [-0.4, -0.2) is 0 Å². The highest BCUT2D eigenvalue weighted by Gasteiger charge is 2.03. The van der Waals surface area contributed by atoms with Gasteiger partial charge in [0, 0.05) is 0 Å². The van der Waals surface area contributed by atoms with Gasteiger partial charge < -0.3 is 0 Å². The van der Waals surface area contributed by atoms with Gasteiger partial charge in [0.05, 0.1) is 0 Å². The predicted octanol–water partition coefficient (Wildman–Crippen LogP) is 2.96. The lowest BCUT2D eigenvalue weighted by Gasteiger charge is -1.99. The van der Waals surface area contributed by atoms with E-state index in [0.717, 1.165) is 0 Å². The number of hydrogen-bond acceptors (Lipinski definition) is 0. The van der Waals surface area contributed by atoms with Crippen molar-refractivity contribution in [2.75, 3.05) is 0 Å². The Morgan fingerprint density at radius 3 is 3.11 bits per heavy atom. The van der Waals surface area contributed by atoms with Gasteiger partial charge in [-0.2, -0.15) is 0 Å². The average Bonchev–Trinajstić information content (AvgIpc) is 1.93. The van der Waals surface area contributed by atoms with Crippen LogP contribution in [-0.2, 0) is 0 Å². The third-order valence-electron chi connectivity index (χ3n) is 1.92. The minimum absolute atomic E-state index is 0.590. The van der Waals surface area contributed by atoms with Crippen LogP contribution in [0.15, 0.2) is 11.6 Å². The van der Waals surface area contributed by atoms with E-state index in [0.29, 0.717) is 5.92 Å². The molecule has 0 saturated heterocycles. The van der Waals surface area contributed by atoms with E-state index in [1.165, 1.54) is 31.3 Å². The fraction of sp³-hybridized carbons (Fsp3) is 0.667. The lowest BCUT2D eigenvalue weighted by atomic mass is 10.1. The molecule has 0 saturated carbocycles. The summed E-state index contributed by atoms with van der Waals surface area (Å²) in [7, 11) is 0. The maximum absolute atomic E-state index is 4.03. The van der Waals surface area contributed by atoms with Gasteiger partial charge in [0.25, 0.3) is 0 Å². The number of rotatable bonds is 0. The standard InChI is InChI=1S/C9H15/c1-8-5-3-4-6-9(2)7-8/h7-8H,1,3-6H2,2H3. The molecule has 0 fully saturated rings. The SMILES string of the molecule is [CH2]C1C=C(C)CCCC1. The molecule has 0 nitrogen and oxygen atoms in total. The van der Waals surface area contributed by atoms with Crippen LogP contribution in [0.3, 0.4) is 0 Å². The Hall–Kier alpha value is -0.260. The topological polar surface area (TPSA) is 0 Å². The van der Waals surface area contributed by atoms with Crippen LogP contribution < -0.4 is 0 Å². The number of allylic oxidation sites excluding steroid dienone is 2. The van der Waals surface area contributed by atoms with E-state index < -0.39 is 0 Å². The summed E-state index contributed by atoms with van der Waals surface area (Å²) in [4.78, 5) is 0. The van der Waals surface area contributed by atoms with Crippen LogP contribution >= 0.6 is 0 Å². The Balaban J connectivity index is 2.49. The van der Waals surface area contributed by atoms with Crippen molar-refractivity contribution < 1.29 is 0 Å². The Bertz CT molecular complexity index is 111. The zero-order valence-corrected chi connectivity index (χ0v) is 6.19. The molecule has 9 heavy (non-hydrogen) atoms. The molecule has 0 aromatic rings. The molecule has 0 heteroatoms. The molecule has 0 N–H and O–H groups in total. The highest BCUT2D eigenvalue weighted by atomic mass is 14.1. The Morgan fingerprint density at radius 1 is 1.56 bits per heavy atom. The summed E-state index contributed by atoms with van der Waals surface area (Å²) in [5, 5.41) is 0. The molecule has 0 heterocycles. The van der Waals surface area contributed by atoms with E-state index >= 15 is 0 Å². The van der Waals surface area contributed by atoms with Gasteiger partial charge in [-0.05, 0) is 39.0 Å². The van der Waals surface area contributed by atoms with Crippen molar-refractivity contribution in [3.05, 3.63) is 18.6 Å². The van der Waals surface area contributed by atoms with Crippen LogP contribution in [0.1, 0.15) is 32.6 Å². The van der Waals surface area contributed by atoms with Crippen LogP contribution in [0.5, 0.6) is 0 Å². The number of hydrogen-bond donors (Lipinski definition) is 0. The first kappa shape index (κ1) is 6.85. The van der Waals surface area contributed by atoms with Gasteiger partial charge in [0.2, 0.25) is 0 Å². The van der Waals surface area contributed by atoms with Crippen molar-refractivity contribution >= 4 is 0 Å². The Labute approximate surface area is 58.0 Å². The summed E-state index contributed by atoms with van der Waals surface area (Å²) in [6.45, 7) is 6.24. The second-order valence-corrected chi connectivity index (χ2v) is 3.02. The fourth-order valence-electron chi connectivity index (χ4n) is 1.38. The molecule has 0 amide bonds. The Morgan fingerprint density at radius 2 is 2.33 bits per heavy atom. The molecule has 1 rings (SSSR count). The minimum Gasteiger partial charge on any atom is -0.0825 e. The first-order valence-corrected chi connectivity index (χ1v) is 3.79. The van der Waals surface area contributed by atoms with Gasteiger partial charge in [0.15, 0.2) is 0 Å². The van der Waals surface area contributed by atoms with Gasteiger partial charge in [-0.3, -0.25) is 0 Å². The summed E-state index contributed by atoms with van der Waals surface area (Å²) in [5.41, 5.74) is 1.53. The van der Waals surface area contributed by atoms with Crippen LogP contribution in [0, 0.1) is 12.8 Å². The molecule has 1 radical (unpaired) electrons. The van der Waals surface area contributed by atoms with E-state index in [1.807, 2.05) is 0 Å². The van der Waals surface area contributed by atoms with Crippen molar-refractivity contribution in [2.45, 2.75) is 32.6 Å². The highest BCUT2D eigenvalue weighted by molar-refractivity contribution is 5.03. The summed E-state index contributed by atoms with van der Waals surface area (Å²) in [6, 6.07) is 0. The van der Waals surface area contributed by atoms with E-state index in [2.05, 4.69) is 19.9 Å². The van der Waals surface area contributed by atoms with Gasteiger partial charge in [-0.25, -0.2) is 0 Å². The predicted molar refractivity (Wildman–Crippen MR) is 41.1 cm³/mol. The Kier molecular flexibility index (Phi) is 2.32. The first-order valence-electron chi connectivity index (χ1n) is 3.79. The van der Waals surface area contributed by atoms with Crippen molar-refractivity contribution in [1.29, 1.82) is 0 Å². The van der Waals surface area contributed by atoms with Crippen molar-refractivity contribution in [2.24, 2.45) is 5.92 Å². The van der Waals surface area contributed by atoms with Crippen LogP contribution in [0.25, 0.3) is 0 Å². The zero-order valence-electron chi connectivity index (χ0n) is 6.19. The molecule has 0 aliphatic heterocycles. The van der Waals surface area contributed by atoms with Gasteiger partial charge >= 0.3 is 0 Å². The molecule has 0 spiro atoms. The molecular formula is C9H15. The monoisotopic (exact) mass is 123 g/mol. The van der Waals surface area contributed by atoms with Crippen molar-refractivity contribution in [1.82, 2.24) is 0 Å². The molecular weight excluding hydrogens is 108 g/mol. The lowest BCUT2D eigenvalue weighted by Crippen LogP contribution is -1.86. The highest BCUT2D eigenvalue weighted by Crippen LogP contribution is 2.20. The normalized spacial score (nSPS) is 29.1. The smallest absolute Gasteiger partial charge is 0.0231 e. The van der Waals surface area contributed by atoms with Gasteiger partial charge in [0.1, 0.15) is 0 Å². The quantitative estimate of drug-likeness (QED) is 0.434. The van der Waals surface area contributed by atoms with Crippen molar-refractivity contribution in [3.8, 4) is 0 Å². The third-order valence-corrected chi connectivity index (χ3v) is 1.92. The van der Waals surface area contributed by atoms with Crippen LogP contribution in [0.2, 0.25) is 0 Å². The summed E-state index contributed by atoms with van der Waals surface area (Å²) in [6.07, 6.45) is 7.63. The molecule has 1 atom stereocenters. The maximum atomic E-state index is 4.03. The second kappa shape index (κ2) is 3.05. The largest absolute Gasteiger partial charge is 0.0825 e. The summed E-state index contributed by atoms with van der Waals surface area (Å²) >= 11 is 0.